The maximum atomic E-state index is 12.5. The Morgan fingerprint density at radius 3 is 2.42 bits per heavy atom. The highest BCUT2D eigenvalue weighted by Crippen LogP contribution is 2.29. The van der Waals surface area contributed by atoms with Gasteiger partial charge in [-0.05, 0) is 36.6 Å². The van der Waals surface area contributed by atoms with Gasteiger partial charge in [-0.2, -0.15) is 0 Å². The number of nitrogens with zero attached hydrogens (tertiary/aromatic N) is 1. The molecule has 0 bridgehead atoms. The van der Waals surface area contributed by atoms with Crippen LogP contribution in [0.4, 0.5) is 5.69 Å². The minimum Gasteiger partial charge on any atom is -0.370 e. The van der Waals surface area contributed by atoms with E-state index in [2.05, 4.69) is 10.2 Å². The minimum atomic E-state index is -0.776. The second-order valence-corrected chi connectivity index (χ2v) is 6.89. The maximum Gasteiger partial charge on any atom is 0.251 e. The number of carbonyl (C=O) groups is 2. The molecule has 2 amide bonds. The molecule has 2 aromatic carbocycles. The summed E-state index contributed by atoms with van der Waals surface area (Å²) in [6.07, 6.45) is 2.65. The zero-order valence-corrected chi connectivity index (χ0v) is 15.2. The predicted octanol–water partition coefficient (Wildman–Crippen LogP) is 2.77. The molecule has 6 heteroatoms. The van der Waals surface area contributed by atoms with Crippen molar-refractivity contribution in [1.29, 1.82) is 0 Å². The summed E-state index contributed by atoms with van der Waals surface area (Å²) in [5.74, 6) is -0.929. The molecule has 3 rings (SSSR count). The van der Waals surface area contributed by atoms with Gasteiger partial charge in [-0.1, -0.05) is 41.9 Å². The summed E-state index contributed by atoms with van der Waals surface area (Å²) < 4.78 is 0. The number of halogens is 1. The van der Waals surface area contributed by atoms with Crippen LogP contribution >= 0.6 is 11.6 Å². The lowest BCUT2D eigenvalue weighted by Crippen LogP contribution is -2.45. The predicted molar refractivity (Wildman–Crippen MR) is 103 cm³/mol. The molecule has 1 aliphatic heterocycles. The van der Waals surface area contributed by atoms with Crippen LogP contribution in [-0.4, -0.2) is 30.9 Å². The summed E-state index contributed by atoms with van der Waals surface area (Å²) in [5.41, 5.74) is 7.75. The highest BCUT2D eigenvalue weighted by atomic mass is 35.5. The minimum absolute atomic E-state index is 0.349. The van der Waals surface area contributed by atoms with Crippen molar-refractivity contribution in [2.75, 3.05) is 18.0 Å². The lowest BCUT2D eigenvalue weighted by atomic mass is 10.0. The van der Waals surface area contributed by atoms with Gasteiger partial charge in [-0.3, -0.25) is 9.59 Å². The van der Waals surface area contributed by atoms with Gasteiger partial charge in [0.05, 0.1) is 10.7 Å². The molecule has 0 saturated carbocycles. The van der Waals surface area contributed by atoms with E-state index >= 15 is 0 Å². The summed E-state index contributed by atoms with van der Waals surface area (Å²) >= 11 is 6.37. The number of benzene rings is 2. The van der Waals surface area contributed by atoms with E-state index in [1.807, 2.05) is 36.4 Å². The van der Waals surface area contributed by atoms with Gasteiger partial charge in [0.15, 0.2) is 0 Å². The standard InChI is InChI=1S/C20H22ClN3O2/c21-16-13-15(8-9-18(16)24-10-4-5-11-24)20(26)23-17(19(22)25)12-14-6-2-1-3-7-14/h1-3,6-9,13,17H,4-5,10-12H2,(H2,22,25)(H,23,26)/t17-/m0/s1. The Morgan fingerprint density at radius 2 is 1.81 bits per heavy atom. The van der Waals surface area contributed by atoms with E-state index < -0.39 is 11.9 Å². The fraction of sp³-hybridized carbons (Fsp3) is 0.300. The topological polar surface area (TPSA) is 75.4 Å². The number of rotatable bonds is 6. The van der Waals surface area contributed by atoms with Crippen molar-refractivity contribution in [3.63, 3.8) is 0 Å². The van der Waals surface area contributed by atoms with E-state index in [1.165, 1.54) is 0 Å². The number of carbonyl (C=O) groups excluding carboxylic acids is 2. The number of hydrogen-bond acceptors (Lipinski definition) is 3. The summed E-state index contributed by atoms with van der Waals surface area (Å²) in [6, 6.07) is 13.9. The fourth-order valence-corrected chi connectivity index (χ4v) is 3.48. The molecule has 0 aliphatic carbocycles. The molecule has 0 aromatic heterocycles. The number of primary amides is 1. The van der Waals surface area contributed by atoms with Gasteiger partial charge in [0, 0.05) is 25.1 Å². The maximum absolute atomic E-state index is 12.5. The second-order valence-electron chi connectivity index (χ2n) is 6.48. The van der Waals surface area contributed by atoms with Crippen LogP contribution in [0.5, 0.6) is 0 Å². The Balaban J connectivity index is 1.71. The number of anilines is 1. The molecule has 1 fully saturated rings. The largest absolute Gasteiger partial charge is 0.370 e. The molecule has 3 N–H and O–H groups in total. The molecule has 0 unspecified atom stereocenters. The third kappa shape index (κ3) is 4.35. The average molecular weight is 372 g/mol. The summed E-state index contributed by atoms with van der Waals surface area (Å²) in [6.45, 7) is 1.96. The molecular formula is C20H22ClN3O2. The van der Waals surface area contributed by atoms with Crippen LogP contribution < -0.4 is 16.0 Å². The quantitative estimate of drug-likeness (QED) is 0.819. The first-order valence-corrected chi connectivity index (χ1v) is 9.11. The molecular weight excluding hydrogens is 350 g/mol. The molecule has 1 saturated heterocycles. The van der Waals surface area contributed by atoms with Gasteiger partial charge in [-0.25, -0.2) is 0 Å². The van der Waals surface area contributed by atoms with Gasteiger partial charge in [0.2, 0.25) is 5.91 Å². The van der Waals surface area contributed by atoms with E-state index in [0.29, 0.717) is 17.0 Å². The Bertz CT molecular complexity index is 789. The fourth-order valence-electron chi connectivity index (χ4n) is 3.18. The van der Waals surface area contributed by atoms with Crippen LogP contribution in [0, 0.1) is 0 Å². The van der Waals surface area contributed by atoms with Crippen molar-refractivity contribution < 1.29 is 9.59 Å². The van der Waals surface area contributed by atoms with Crippen molar-refractivity contribution in [2.45, 2.75) is 25.3 Å². The van der Waals surface area contributed by atoms with Crippen LogP contribution in [0.25, 0.3) is 0 Å². The van der Waals surface area contributed by atoms with E-state index in [4.69, 9.17) is 17.3 Å². The molecule has 2 aromatic rings. The van der Waals surface area contributed by atoms with Gasteiger partial charge in [-0.15, -0.1) is 0 Å². The van der Waals surface area contributed by atoms with E-state index in [0.717, 1.165) is 37.2 Å². The molecule has 5 nitrogen and oxygen atoms in total. The van der Waals surface area contributed by atoms with Gasteiger partial charge >= 0.3 is 0 Å². The first kappa shape index (κ1) is 18.3. The molecule has 136 valence electrons. The van der Waals surface area contributed by atoms with Crippen LogP contribution in [0.3, 0.4) is 0 Å². The average Bonchev–Trinajstić information content (AvgIpc) is 3.16. The Labute approximate surface area is 158 Å². The first-order chi connectivity index (χ1) is 12.5. The summed E-state index contributed by atoms with van der Waals surface area (Å²) in [4.78, 5) is 26.5. The lowest BCUT2D eigenvalue weighted by molar-refractivity contribution is -0.119. The van der Waals surface area contributed by atoms with E-state index in [-0.39, 0.29) is 5.91 Å². The van der Waals surface area contributed by atoms with Gasteiger partial charge < -0.3 is 16.0 Å². The van der Waals surface area contributed by atoms with Crippen molar-refractivity contribution in [1.82, 2.24) is 5.32 Å². The Kier molecular flexibility index (Phi) is 5.78. The molecule has 26 heavy (non-hydrogen) atoms. The van der Waals surface area contributed by atoms with Gasteiger partial charge in [0.25, 0.3) is 5.91 Å². The number of nitrogens with one attached hydrogen (secondary N) is 1. The SMILES string of the molecule is NC(=O)[C@H](Cc1ccccc1)NC(=O)c1ccc(N2CCCC2)c(Cl)c1. The molecule has 1 heterocycles. The van der Waals surface area contributed by atoms with Crippen LogP contribution in [0.1, 0.15) is 28.8 Å². The Hall–Kier alpha value is -2.53. The van der Waals surface area contributed by atoms with Crippen LogP contribution in [-0.2, 0) is 11.2 Å². The third-order valence-corrected chi connectivity index (χ3v) is 4.89. The Morgan fingerprint density at radius 1 is 1.12 bits per heavy atom. The molecule has 1 aliphatic rings. The number of nitrogens with two attached hydrogens (primary N) is 1. The molecule has 0 radical (unpaired) electrons. The number of hydrogen-bond donors (Lipinski definition) is 2. The second kappa shape index (κ2) is 8.23. The summed E-state index contributed by atoms with van der Waals surface area (Å²) in [5, 5.41) is 3.25. The third-order valence-electron chi connectivity index (χ3n) is 4.59. The van der Waals surface area contributed by atoms with E-state index in [9.17, 15) is 9.59 Å². The molecule has 0 spiro atoms. The summed E-state index contributed by atoms with van der Waals surface area (Å²) in [7, 11) is 0. The van der Waals surface area contributed by atoms with Crippen LogP contribution in [0.15, 0.2) is 48.5 Å². The molecule has 1 atom stereocenters. The van der Waals surface area contributed by atoms with Gasteiger partial charge in [0.1, 0.15) is 6.04 Å². The van der Waals surface area contributed by atoms with Crippen molar-refractivity contribution in [2.24, 2.45) is 5.73 Å². The first-order valence-electron chi connectivity index (χ1n) is 8.73. The zero-order chi connectivity index (χ0) is 18.5. The van der Waals surface area contributed by atoms with Crippen LogP contribution in [0.2, 0.25) is 5.02 Å². The zero-order valence-electron chi connectivity index (χ0n) is 14.5. The van der Waals surface area contributed by atoms with E-state index in [1.54, 1.807) is 12.1 Å². The monoisotopic (exact) mass is 371 g/mol. The normalized spacial score (nSPS) is 14.9. The highest BCUT2D eigenvalue weighted by Gasteiger charge is 2.21. The smallest absolute Gasteiger partial charge is 0.251 e. The lowest BCUT2D eigenvalue weighted by Gasteiger charge is -2.20. The number of amides is 2. The highest BCUT2D eigenvalue weighted by molar-refractivity contribution is 6.33. The van der Waals surface area contributed by atoms with Crippen molar-refractivity contribution in [3.8, 4) is 0 Å². The van der Waals surface area contributed by atoms with Crippen molar-refractivity contribution in [3.05, 3.63) is 64.7 Å². The van der Waals surface area contributed by atoms with Crippen molar-refractivity contribution >= 4 is 29.1 Å².